The lowest BCUT2D eigenvalue weighted by atomic mass is 9.85. The number of ether oxygens (including phenoxy) is 2. The van der Waals surface area contributed by atoms with Gasteiger partial charge in [0, 0.05) is 17.5 Å². The van der Waals surface area contributed by atoms with E-state index in [2.05, 4.69) is 4.18 Å². The van der Waals surface area contributed by atoms with Gasteiger partial charge in [-0.3, -0.25) is 4.79 Å². The Morgan fingerprint density at radius 2 is 2.04 bits per heavy atom. The average molecular weight is 368 g/mol. The minimum Gasteiger partial charge on any atom is -0.493 e. The highest BCUT2D eigenvalue weighted by Gasteiger charge is 2.48. The van der Waals surface area contributed by atoms with Crippen LogP contribution in [0.5, 0.6) is 11.5 Å². The highest BCUT2D eigenvalue weighted by Crippen LogP contribution is 2.40. The zero-order chi connectivity index (χ0) is 18.1. The van der Waals surface area contributed by atoms with Gasteiger partial charge < -0.3 is 13.7 Å². The molecule has 0 spiro atoms. The molecule has 1 aromatic rings. The fraction of sp³-hybridized carbons (Fsp3) is 0.500. The largest absolute Gasteiger partial charge is 0.534 e. The van der Waals surface area contributed by atoms with Gasteiger partial charge in [-0.25, -0.2) is 0 Å². The van der Waals surface area contributed by atoms with E-state index in [9.17, 15) is 26.4 Å². The highest BCUT2D eigenvalue weighted by molar-refractivity contribution is 7.88. The SMILES string of the molecule is CCOC(=O)C1c2ccc(OS(=O)(=O)C(F)(F)F)cc2OCC1C. The Hall–Kier alpha value is -1.97. The van der Waals surface area contributed by atoms with Crippen molar-refractivity contribution in [2.45, 2.75) is 25.3 Å². The molecule has 0 aromatic heterocycles. The quantitative estimate of drug-likeness (QED) is 0.462. The van der Waals surface area contributed by atoms with E-state index in [1.165, 1.54) is 6.07 Å². The van der Waals surface area contributed by atoms with Crippen LogP contribution in [0.2, 0.25) is 0 Å². The Kier molecular flexibility index (Phi) is 4.97. The van der Waals surface area contributed by atoms with Crippen LogP contribution in [0.3, 0.4) is 0 Å². The number of alkyl halides is 3. The van der Waals surface area contributed by atoms with Gasteiger partial charge in [-0.15, -0.1) is 0 Å². The molecule has 2 atom stereocenters. The first-order valence-electron chi connectivity index (χ1n) is 7.01. The molecule has 0 bridgehead atoms. The van der Waals surface area contributed by atoms with Crippen molar-refractivity contribution >= 4 is 16.1 Å². The van der Waals surface area contributed by atoms with Crippen LogP contribution in [0.4, 0.5) is 13.2 Å². The van der Waals surface area contributed by atoms with Gasteiger partial charge in [-0.1, -0.05) is 13.0 Å². The molecule has 0 radical (unpaired) electrons. The Morgan fingerprint density at radius 3 is 2.62 bits per heavy atom. The second-order valence-electron chi connectivity index (χ2n) is 5.20. The topological polar surface area (TPSA) is 78.9 Å². The third-order valence-corrected chi connectivity index (χ3v) is 4.40. The van der Waals surface area contributed by atoms with Gasteiger partial charge in [0.1, 0.15) is 11.5 Å². The predicted molar refractivity (Wildman–Crippen MR) is 76.1 cm³/mol. The molecule has 2 rings (SSSR count). The van der Waals surface area contributed by atoms with Crippen LogP contribution >= 0.6 is 0 Å². The Balaban J connectivity index is 2.33. The van der Waals surface area contributed by atoms with E-state index in [-0.39, 0.29) is 24.9 Å². The third-order valence-electron chi connectivity index (χ3n) is 3.42. The summed E-state index contributed by atoms with van der Waals surface area (Å²) in [6.45, 7) is 3.74. The van der Waals surface area contributed by atoms with E-state index in [0.29, 0.717) is 5.56 Å². The van der Waals surface area contributed by atoms with E-state index in [0.717, 1.165) is 12.1 Å². The van der Waals surface area contributed by atoms with Crippen LogP contribution < -0.4 is 8.92 Å². The lowest BCUT2D eigenvalue weighted by Gasteiger charge is -2.30. The van der Waals surface area contributed by atoms with E-state index < -0.39 is 33.3 Å². The van der Waals surface area contributed by atoms with Crippen LogP contribution in [0.1, 0.15) is 25.3 Å². The molecule has 0 fully saturated rings. The molecular formula is C14H15F3O6S. The summed E-state index contributed by atoms with van der Waals surface area (Å²) < 4.78 is 73.6. The van der Waals surface area contributed by atoms with Gasteiger partial charge in [-0.2, -0.15) is 21.6 Å². The molecule has 1 aliphatic heterocycles. The molecule has 24 heavy (non-hydrogen) atoms. The summed E-state index contributed by atoms with van der Waals surface area (Å²) in [7, 11) is -5.77. The summed E-state index contributed by atoms with van der Waals surface area (Å²) in [6, 6.07) is 3.35. The Labute approximate surface area is 136 Å². The van der Waals surface area contributed by atoms with Crippen molar-refractivity contribution in [3.8, 4) is 11.5 Å². The van der Waals surface area contributed by atoms with Crippen molar-refractivity contribution in [1.29, 1.82) is 0 Å². The van der Waals surface area contributed by atoms with Crippen LogP contribution in [0, 0.1) is 5.92 Å². The normalized spacial score (nSPS) is 20.7. The van der Waals surface area contributed by atoms with Gasteiger partial charge in [0.05, 0.1) is 19.1 Å². The average Bonchev–Trinajstić information content (AvgIpc) is 2.46. The lowest BCUT2D eigenvalue weighted by Crippen LogP contribution is -2.31. The Morgan fingerprint density at radius 1 is 1.38 bits per heavy atom. The molecule has 0 saturated carbocycles. The first-order valence-corrected chi connectivity index (χ1v) is 8.41. The molecule has 0 N–H and O–H groups in total. The standard InChI is InChI=1S/C14H15F3O6S/c1-3-21-13(18)12-8(2)7-22-11-6-9(4-5-10(11)12)23-24(19,20)14(15,16)17/h4-6,8,12H,3,7H2,1-2H3. The molecule has 0 amide bonds. The van der Waals surface area contributed by atoms with Crippen LogP contribution in [-0.2, 0) is 19.6 Å². The number of hydrogen-bond donors (Lipinski definition) is 0. The van der Waals surface area contributed by atoms with Crippen molar-refractivity contribution in [1.82, 2.24) is 0 Å². The van der Waals surface area contributed by atoms with E-state index in [4.69, 9.17) is 9.47 Å². The van der Waals surface area contributed by atoms with Gasteiger partial charge in [0.25, 0.3) is 0 Å². The summed E-state index contributed by atoms with van der Waals surface area (Å²) >= 11 is 0. The third kappa shape index (κ3) is 3.58. The number of benzene rings is 1. The van der Waals surface area contributed by atoms with E-state index in [1.54, 1.807) is 13.8 Å². The van der Waals surface area contributed by atoms with Gasteiger partial charge in [-0.05, 0) is 13.0 Å². The van der Waals surface area contributed by atoms with Gasteiger partial charge in [0.2, 0.25) is 0 Å². The van der Waals surface area contributed by atoms with Gasteiger partial charge >= 0.3 is 21.6 Å². The van der Waals surface area contributed by atoms with Crippen LogP contribution in [0.25, 0.3) is 0 Å². The fourth-order valence-electron chi connectivity index (χ4n) is 2.34. The molecular weight excluding hydrogens is 353 g/mol. The van der Waals surface area contributed by atoms with Crippen LogP contribution in [-0.4, -0.2) is 33.1 Å². The molecule has 6 nitrogen and oxygen atoms in total. The molecule has 1 heterocycles. The Bertz CT molecular complexity index is 729. The predicted octanol–water partition coefficient (Wildman–Crippen LogP) is 2.59. The number of halogens is 3. The first kappa shape index (κ1) is 18.4. The molecule has 10 heteroatoms. The lowest BCUT2D eigenvalue weighted by molar-refractivity contribution is -0.147. The first-order chi connectivity index (χ1) is 11.1. The maximum absolute atomic E-state index is 12.4. The molecule has 134 valence electrons. The van der Waals surface area contributed by atoms with Crippen molar-refractivity contribution < 1.29 is 40.0 Å². The molecule has 0 aliphatic carbocycles. The molecule has 1 aromatic carbocycles. The minimum atomic E-state index is -5.77. The zero-order valence-electron chi connectivity index (χ0n) is 12.8. The summed E-state index contributed by atoms with van der Waals surface area (Å²) in [5.74, 6) is -1.81. The summed E-state index contributed by atoms with van der Waals surface area (Å²) in [4.78, 5) is 12.1. The molecule has 0 saturated heterocycles. The van der Waals surface area contributed by atoms with Crippen molar-refractivity contribution in [3.63, 3.8) is 0 Å². The number of carbonyl (C=O) groups excluding carboxylic acids is 1. The summed E-state index contributed by atoms with van der Waals surface area (Å²) in [5, 5.41) is 0. The molecule has 1 aliphatic rings. The van der Waals surface area contributed by atoms with Gasteiger partial charge in [0.15, 0.2) is 0 Å². The van der Waals surface area contributed by atoms with Crippen molar-refractivity contribution in [3.05, 3.63) is 23.8 Å². The number of hydrogen-bond acceptors (Lipinski definition) is 6. The second kappa shape index (κ2) is 6.50. The summed E-state index contributed by atoms with van der Waals surface area (Å²) in [5.41, 5.74) is -5.13. The molecule has 2 unspecified atom stereocenters. The van der Waals surface area contributed by atoms with E-state index in [1.807, 2.05) is 0 Å². The number of rotatable bonds is 4. The zero-order valence-corrected chi connectivity index (χ0v) is 13.6. The highest BCUT2D eigenvalue weighted by atomic mass is 32.2. The van der Waals surface area contributed by atoms with Crippen LogP contribution in [0.15, 0.2) is 18.2 Å². The smallest absolute Gasteiger partial charge is 0.493 e. The minimum absolute atomic E-state index is 0.0843. The summed E-state index contributed by atoms with van der Waals surface area (Å²) in [6.07, 6.45) is 0. The maximum atomic E-state index is 12.4. The van der Waals surface area contributed by atoms with E-state index >= 15 is 0 Å². The number of esters is 1. The maximum Gasteiger partial charge on any atom is 0.534 e. The number of carbonyl (C=O) groups is 1. The second-order valence-corrected chi connectivity index (χ2v) is 6.74. The monoisotopic (exact) mass is 368 g/mol. The number of fused-ring (bicyclic) bond motifs is 1. The fourth-order valence-corrected chi connectivity index (χ4v) is 2.79. The van der Waals surface area contributed by atoms with Crippen molar-refractivity contribution in [2.24, 2.45) is 5.92 Å². The van der Waals surface area contributed by atoms with Crippen molar-refractivity contribution in [2.75, 3.05) is 13.2 Å².